The summed E-state index contributed by atoms with van der Waals surface area (Å²) in [5.74, 6) is 0.405. The first-order chi connectivity index (χ1) is 15.1. The van der Waals surface area contributed by atoms with Gasteiger partial charge in [0, 0.05) is 24.9 Å². The minimum absolute atomic E-state index is 0.0488. The molecule has 2 aromatic rings. The van der Waals surface area contributed by atoms with E-state index in [1.165, 1.54) is 30.9 Å². The van der Waals surface area contributed by atoms with E-state index in [-0.39, 0.29) is 18.4 Å². The molecule has 2 aliphatic heterocycles. The number of nitrogens with one attached hydrogen (secondary N) is 1. The molecule has 2 aliphatic rings. The Balaban J connectivity index is 1.43. The Kier molecular flexibility index (Phi) is 6.67. The molecule has 162 valence electrons. The zero-order valence-electron chi connectivity index (χ0n) is 18.0. The van der Waals surface area contributed by atoms with Crippen molar-refractivity contribution in [2.75, 3.05) is 43.0 Å². The van der Waals surface area contributed by atoms with Crippen LogP contribution < -0.4 is 15.0 Å². The number of rotatable bonds is 6. The van der Waals surface area contributed by atoms with Crippen LogP contribution >= 0.6 is 0 Å². The van der Waals surface area contributed by atoms with Crippen molar-refractivity contribution in [1.82, 2.24) is 4.90 Å². The zero-order chi connectivity index (χ0) is 21.6. The number of hydrogen-bond donors (Lipinski definition) is 1. The number of aryl methyl sites for hydroxylation is 1. The van der Waals surface area contributed by atoms with E-state index in [4.69, 9.17) is 4.74 Å². The second kappa shape index (κ2) is 9.79. The van der Waals surface area contributed by atoms with Crippen LogP contribution in [0.2, 0.25) is 0 Å². The quantitative estimate of drug-likeness (QED) is 0.723. The number of carbonyl (C=O) groups is 2. The Morgan fingerprint density at radius 1 is 1.06 bits per heavy atom. The highest BCUT2D eigenvalue weighted by atomic mass is 16.5. The third-order valence-electron chi connectivity index (χ3n) is 5.76. The Hall–Kier alpha value is -3.12. The van der Waals surface area contributed by atoms with Crippen LogP contribution in [-0.2, 0) is 9.59 Å². The van der Waals surface area contributed by atoms with Gasteiger partial charge in [0.05, 0.1) is 5.69 Å². The van der Waals surface area contributed by atoms with E-state index < -0.39 is 0 Å². The standard InChI is InChI=1S/C25H29N3O3/c1-19-5-7-20(8-6-19)9-12-24(29)26-21-10-11-23-22(17-21)28(25(30)18-31-23)16-15-27-13-3-2-4-14-27/h5-12,17H,2-4,13-16,18H2,1H3,(H,26,29)/b12-9+. The zero-order valence-corrected chi connectivity index (χ0v) is 18.0. The highest BCUT2D eigenvalue weighted by molar-refractivity contribution is 6.03. The van der Waals surface area contributed by atoms with E-state index in [2.05, 4.69) is 10.2 Å². The highest BCUT2D eigenvalue weighted by Gasteiger charge is 2.26. The molecule has 6 heteroatoms. The molecule has 2 amide bonds. The Labute approximate surface area is 183 Å². The van der Waals surface area contributed by atoms with Crippen LogP contribution in [0, 0.1) is 6.92 Å². The SMILES string of the molecule is Cc1ccc(/C=C/C(=O)Nc2ccc3c(c2)N(CCN2CCCCC2)C(=O)CO3)cc1. The van der Waals surface area contributed by atoms with Crippen molar-refractivity contribution < 1.29 is 14.3 Å². The number of likely N-dealkylation sites (tertiary alicyclic amines) is 1. The number of anilines is 2. The van der Waals surface area contributed by atoms with E-state index in [1.54, 1.807) is 17.0 Å². The van der Waals surface area contributed by atoms with Crippen LogP contribution in [0.3, 0.4) is 0 Å². The second-order valence-electron chi connectivity index (χ2n) is 8.15. The summed E-state index contributed by atoms with van der Waals surface area (Å²) in [7, 11) is 0. The topological polar surface area (TPSA) is 61.9 Å². The summed E-state index contributed by atoms with van der Waals surface area (Å²) >= 11 is 0. The molecule has 1 fully saturated rings. The van der Waals surface area contributed by atoms with Crippen molar-refractivity contribution >= 4 is 29.3 Å². The van der Waals surface area contributed by atoms with Crippen molar-refractivity contribution in [3.63, 3.8) is 0 Å². The van der Waals surface area contributed by atoms with E-state index in [1.807, 2.05) is 43.3 Å². The van der Waals surface area contributed by atoms with Gasteiger partial charge in [-0.2, -0.15) is 0 Å². The Bertz CT molecular complexity index is 962. The number of carbonyl (C=O) groups excluding carboxylic acids is 2. The molecule has 0 spiro atoms. The van der Waals surface area contributed by atoms with Crippen LogP contribution in [0.4, 0.5) is 11.4 Å². The molecule has 31 heavy (non-hydrogen) atoms. The molecule has 0 unspecified atom stereocenters. The summed E-state index contributed by atoms with van der Waals surface area (Å²) in [6, 6.07) is 13.4. The van der Waals surface area contributed by atoms with Gasteiger partial charge >= 0.3 is 0 Å². The van der Waals surface area contributed by atoms with E-state index >= 15 is 0 Å². The first-order valence-electron chi connectivity index (χ1n) is 10.9. The van der Waals surface area contributed by atoms with Crippen LogP contribution in [0.1, 0.15) is 30.4 Å². The molecule has 1 N–H and O–H groups in total. The number of fused-ring (bicyclic) bond motifs is 1. The first-order valence-corrected chi connectivity index (χ1v) is 10.9. The van der Waals surface area contributed by atoms with Crippen molar-refractivity contribution in [3.8, 4) is 5.75 Å². The fourth-order valence-corrected chi connectivity index (χ4v) is 3.98. The summed E-state index contributed by atoms with van der Waals surface area (Å²) in [5.41, 5.74) is 3.50. The number of ether oxygens (including phenoxy) is 1. The molecule has 0 saturated carbocycles. The van der Waals surface area contributed by atoms with Gasteiger partial charge in [0.25, 0.3) is 5.91 Å². The van der Waals surface area contributed by atoms with Gasteiger partial charge in [-0.1, -0.05) is 36.2 Å². The van der Waals surface area contributed by atoms with Crippen LogP contribution in [0.15, 0.2) is 48.5 Å². The van der Waals surface area contributed by atoms with Gasteiger partial charge in [0.1, 0.15) is 5.75 Å². The van der Waals surface area contributed by atoms with Crippen molar-refractivity contribution in [2.45, 2.75) is 26.2 Å². The third kappa shape index (κ3) is 5.52. The predicted octanol–water partition coefficient (Wildman–Crippen LogP) is 3.86. The molecule has 0 aliphatic carbocycles. The molecule has 6 nitrogen and oxygen atoms in total. The van der Waals surface area contributed by atoms with Crippen molar-refractivity contribution in [2.24, 2.45) is 0 Å². The fourth-order valence-electron chi connectivity index (χ4n) is 3.98. The van der Waals surface area contributed by atoms with Crippen molar-refractivity contribution in [3.05, 3.63) is 59.7 Å². The average Bonchev–Trinajstić information content (AvgIpc) is 2.79. The number of hydrogen-bond acceptors (Lipinski definition) is 4. The van der Waals surface area contributed by atoms with Gasteiger partial charge in [-0.3, -0.25) is 9.59 Å². The van der Waals surface area contributed by atoms with Gasteiger partial charge in [-0.15, -0.1) is 0 Å². The third-order valence-corrected chi connectivity index (χ3v) is 5.76. The molecule has 0 bridgehead atoms. The average molecular weight is 420 g/mol. The largest absolute Gasteiger partial charge is 0.482 e. The normalized spacial score (nSPS) is 16.8. The minimum Gasteiger partial charge on any atom is -0.482 e. The maximum absolute atomic E-state index is 12.5. The van der Waals surface area contributed by atoms with Crippen molar-refractivity contribution in [1.29, 1.82) is 0 Å². The van der Waals surface area contributed by atoms with E-state index in [0.717, 1.165) is 25.2 Å². The first kappa shape index (κ1) is 21.1. The summed E-state index contributed by atoms with van der Waals surface area (Å²) in [6.07, 6.45) is 7.03. The summed E-state index contributed by atoms with van der Waals surface area (Å²) < 4.78 is 5.60. The smallest absolute Gasteiger partial charge is 0.265 e. The van der Waals surface area contributed by atoms with E-state index in [0.29, 0.717) is 23.7 Å². The van der Waals surface area contributed by atoms with E-state index in [9.17, 15) is 9.59 Å². The van der Waals surface area contributed by atoms with Gasteiger partial charge in [-0.05, 0) is 62.7 Å². The van der Waals surface area contributed by atoms with Crippen LogP contribution in [-0.4, -0.2) is 49.5 Å². The summed E-state index contributed by atoms with van der Waals surface area (Å²) in [4.78, 5) is 29.1. The minimum atomic E-state index is -0.219. The number of benzene rings is 2. The number of nitrogens with zero attached hydrogens (tertiary/aromatic N) is 2. The lowest BCUT2D eigenvalue weighted by Gasteiger charge is -2.33. The number of amides is 2. The monoisotopic (exact) mass is 419 g/mol. The van der Waals surface area contributed by atoms with Crippen LogP contribution in [0.25, 0.3) is 6.08 Å². The maximum atomic E-state index is 12.5. The summed E-state index contributed by atoms with van der Waals surface area (Å²) in [5, 5.41) is 2.88. The fraction of sp³-hybridized carbons (Fsp3) is 0.360. The lowest BCUT2D eigenvalue weighted by Crippen LogP contribution is -2.44. The Morgan fingerprint density at radius 3 is 2.61 bits per heavy atom. The molecular weight excluding hydrogens is 390 g/mol. The highest BCUT2D eigenvalue weighted by Crippen LogP contribution is 2.34. The molecule has 2 aromatic carbocycles. The molecule has 2 heterocycles. The lowest BCUT2D eigenvalue weighted by molar-refractivity contribution is -0.121. The van der Waals surface area contributed by atoms with Gasteiger partial charge in [0.2, 0.25) is 5.91 Å². The maximum Gasteiger partial charge on any atom is 0.265 e. The molecule has 0 atom stereocenters. The molecular formula is C25H29N3O3. The molecule has 1 saturated heterocycles. The van der Waals surface area contributed by atoms with Crippen LogP contribution in [0.5, 0.6) is 5.75 Å². The summed E-state index contributed by atoms with van der Waals surface area (Å²) in [6.45, 7) is 5.74. The predicted molar refractivity (Wildman–Crippen MR) is 123 cm³/mol. The van der Waals surface area contributed by atoms with Gasteiger partial charge < -0.3 is 19.9 Å². The molecule has 4 rings (SSSR count). The Morgan fingerprint density at radius 2 is 1.84 bits per heavy atom. The number of piperidine rings is 1. The van der Waals surface area contributed by atoms with Gasteiger partial charge in [0.15, 0.2) is 6.61 Å². The molecule has 0 radical (unpaired) electrons. The second-order valence-corrected chi connectivity index (χ2v) is 8.15. The lowest BCUT2D eigenvalue weighted by atomic mass is 10.1. The molecule has 0 aromatic heterocycles. The van der Waals surface area contributed by atoms with Gasteiger partial charge in [-0.25, -0.2) is 0 Å².